The van der Waals surface area contributed by atoms with Gasteiger partial charge in [-0.25, -0.2) is 0 Å². The fourth-order valence-corrected chi connectivity index (χ4v) is 5.95. The molecule has 2 aromatic rings. The molecule has 1 aliphatic carbocycles. The van der Waals surface area contributed by atoms with Gasteiger partial charge < -0.3 is 25.2 Å². The van der Waals surface area contributed by atoms with Crippen LogP contribution >= 0.6 is 11.8 Å². The fourth-order valence-electron chi connectivity index (χ4n) is 5.54. The average Bonchev–Trinajstić information content (AvgIpc) is 3.25. The van der Waals surface area contributed by atoms with Crippen molar-refractivity contribution in [2.75, 3.05) is 30.5 Å². The molecule has 0 spiro atoms. The van der Waals surface area contributed by atoms with E-state index in [4.69, 9.17) is 14.6 Å². The van der Waals surface area contributed by atoms with Crippen molar-refractivity contribution in [3.63, 3.8) is 0 Å². The number of carbonyl (C=O) groups is 2. The van der Waals surface area contributed by atoms with Gasteiger partial charge in [-0.2, -0.15) is 11.8 Å². The van der Waals surface area contributed by atoms with Crippen molar-refractivity contribution in [3.05, 3.63) is 53.6 Å². The predicted molar refractivity (Wildman–Crippen MR) is 153 cm³/mol. The molecule has 0 aromatic heterocycles. The Labute approximate surface area is 230 Å². The number of carbonyl (C=O) groups excluding carboxylic acids is 1. The summed E-state index contributed by atoms with van der Waals surface area (Å²) in [5.41, 5.74) is 2.67. The highest BCUT2D eigenvalue weighted by Crippen LogP contribution is 2.44. The molecule has 4 rings (SSSR count). The zero-order chi connectivity index (χ0) is 26.9. The van der Waals surface area contributed by atoms with E-state index in [1.807, 2.05) is 36.0 Å². The zero-order valence-electron chi connectivity index (χ0n) is 22.4. The highest BCUT2D eigenvalue weighted by molar-refractivity contribution is 7.98. The minimum Gasteiger partial charge on any atom is -0.494 e. The van der Waals surface area contributed by atoms with Crippen LogP contribution in [0.5, 0.6) is 11.5 Å². The number of benzene rings is 2. The van der Waals surface area contributed by atoms with E-state index in [1.165, 1.54) is 37.7 Å². The third-order valence-electron chi connectivity index (χ3n) is 7.61. The molecule has 38 heavy (non-hydrogen) atoms. The molecule has 0 radical (unpaired) electrons. The Morgan fingerprint density at radius 2 is 1.89 bits per heavy atom. The summed E-state index contributed by atoms with van der Waals surface area (Å²) in [6.45, 7) is 3.08. The number of hydrogen-bond donors (Lipinski definition) is 3. The van der Waals surface area contributed by atoms with Crippen LogP contribution in [0.4, 0.5) is 5.69 Å². The number of thioether (sulfide) groups is 1. The van der Waals surface area contributed by atoms with Crippen molar-refractivity contribution < 1.29 is 24.2 Å². The summed E-state index contributed by atoms with van der Waals surface area (Å²) in [6.07, 6.45) is 9.16. The van der Waals surface area contributed by atoms with E-state index in [2.05, 4.69) is 29.9 Å². The normalized spacial score (nSPS) is 19.7. The summed E-state index contributed by atoms with van der Waals surface area (Å²) in [6, 6.07) is 13.8. The van der Waals surface area contributed by atoms with Gasteiger partial charge in [0, 0.05) is 29.3 Å². The Morgan fingerprint density at radius 1 is 1.13 bits per heavy atom. The predicted octanol–water partition coefficient (Wildman–Crippen LogP) is 5.95. The zero-order valence-corrected chi connectivity index (χ0v) is 23.2. The lowest BCUT2D eigenvalue weighted by Gasteiger charge is -2.36. The first-order valence-corrected chi connectivity index (χ1v) is 15.1. The van der Waals surface area contributed by atoms with Crippen molar-refractivity contribution in [3.8, 4) is 11.5 Å². The third kappa shape index (κ3) is 7.37. The first-order chi connectivity index (χ1) is 18.5. The van der Waals surface area contributed by atoms with Crippen LogP contribution in [0.25, 0.3) is 0 Å². The largest absolute Gasteiger partial charge is 0.494 e. The number of amides is 1. The Balaban J connectivity index is 1.45. The number of aliphatic carboxylic acids is 1. The summed E-state index contributed by atoms with van der Waals surface area (Å²) < 4.78 is 12.6. The Morgan fingerprint density at radius 3 is 2.61 bits per heavy atom. The van der Waals surface area contributed by atoms with Crippen LogP contribution in [0.3, 0.4) is 0 Å². The maximum Gasteiger partial charge on any atom is 0.305 e. The first-order valence-electron chi connectivity index (χ1n) is 13.7. The number of carboxylic acids is 1. The minimum atomic E-state index is -0.931. The molecule has 8 heteroatoms. The van der Waals surface area contributed by atoms with E-state index < -0.39 is 5.97 Å². The van der Waals surface area contributed by atoms with Gasteiger partial charge >= 0.3 is 5.97 Å². The van der Waals surface area contributed by atoms with Gasteiger partial charge in [0.05, 0.1) is 19.1 Å². The van der Waals surface area contributed by atoms with Crippen molar-refractivity contribution in [1.82, 2.24) is 5.32 Å². The summed E-state index contributed by atoms with van der Waals surface area (Å²) in [4.78, 5) is 23.1. The summed E-state index contributed by atoms with van der Waals surface area (Å²) in [5.74, 6) is 2.47. The highest BCUT2D eigenvalue weighted by atomic mass is 32.2. The lowest BCUT2D eigenvalue weighted by molar-refractivity contribution is -0.136. The van der Waals surface area contributed by atoms with Crippen LogP contribution < -0.4 is 20.1 Å². The maximum atomic E-state index is 12.4. The van der Waals surface area contributed by atoms with E-state index >= 15 is 0 Å². The molecular formula is C30H40N2O5S. The number of carboxylic acid groups (broad SMARTS) is 1. The van der Waals surface area contributed by atoms with Crippen LogP contribution in [-0.4, -0.2) is 54.3 Å². The molecular weight excluding hydrogens is 500 g/mol. The number of hydrogen-bond acceptors (Lipinski definition) is 6. The standard InChI is InChI=1S/C30H40N2O5S/c1-20-25-19-24(36-17-6-18-38-2)13-14-26(25)37-29(20)28(21-7-4-3-5-8-21)32-23-11-9-22(10-12-23)30(35)31-16-15-27(33)34/h9-14,19-21,28-29,32H,3-8,15-18H2,1-2H3,(H,31,35)(H,33,34). The molecule has 2 aromatic carbocycles. The summed E-state index contributed by atoms with van der Waals surface area (Å²) >= 11 is 1.83. The second-order valence-electron chi connectivity index (χ2n) is 10.3. The van der Waals surface area contributed by atoms with Crippen LogP contribution in [-0.2, 0) is 4.79 Å². The topological polar surface area (TPSA) is 96.9 Å². The van der Waals surface area contributed by atoms with Crippen LogP contribution in [0.1, 0.15) is 73.7 Å². The lowest BCUT2D eigenvalue weighted by atomic mass is 9.78. The SMILES string of the molecule is CSCCCOc1ccc2c(c1)C(C)C(C(Nc1ccc(C(=O)NCCC(=O)O)cc1)C1CCCCC1)O2. The Hall–Kier alpha value is -2.87. The Bertz CT molecular complexity index is 1070. The van der Waals surface area contributed by atoms with Gasteiger partial charge in [0.15, 0.2) is 0 Å². The van der Waals surface area contributed by atoms with Crippen LogP contribution in [0.2, 0.25) is 0 Å². The van der Waals surface area contributed by atoms with Crippen molar-refractivity contribution in [2.45, 2.75) is 69.9 Å². The molecule has 1 amide bonds. The summed E-state index contributed by atoms with van der Waals surface area (Å²) in [7, 11) is 0. The van der Waals surface area contributed by atoms with E-state index in [0.29, 0.717) is 11.5 Å². The molecule has 0 saturated heterocycles. The number of anilines is 1. The van der Waals surface area contributed by atoms with Crippen molar-refractivity contribution in [1.29, 1.82) is 0 Å². The number of fused-ring (bicyclic) bond motifs is 1. The third-order valence-corrected chi connectivity index (χ3v) is 8.30. The van der Waals surface area contributed by atoms with Gasteiger partial charge in [0.25, 0.3) is 5.91 Å². The van der Waals surface area contributed by atoms with E-state index in [0.717, 1.165) is 36.0 Å². The number of nitrogens with one attached hydrogen (secondary N) is 2. The Kier molecular flexibility index (Phi) is 10.2. The second kappa shape index (κ2) is 13.8. The molecule has 1 aliphatic heterocycles. The smallest absolute Gasteiger partial charge is 0.305 e. The molecule has 1 saturated carbocycles. The molecule has 2 aliphatic rings. The van der Waals surface area contributed by atoms with Crippen LogP contribution in [0.15, 0.2) is 42.5 Å². The van der Waals surface area contributed by atoms with Gasteiger partial charge in [-0.1, -0.05) is 26.2 Å². The maximum absolute atomic E-state index is 12.4. The lowest BCUT2D eigenvalue weighted by Crippen LogP contribution is -2.44. The molecule has 3 atom stereocenters. The number of ether oxygens (including phenoxy) is 2. The molecule has 1 heterocycles. The highest BCUT2D eigenvalue weighted by Gasteiger charge is 2.41. The molecule has 7 nitrogen and oxygen atoms in total. The van der Waals surface area contributed by atoms with Gasteiger partial charge in [-0.05, 0) is 79.7 Å². The monoisotopic (exact) mass is 540 g/mol. The summed E-state index contributed by atoms with van der Waals surface area (Å²) in [5, 5.41) is 15.2. The van der Waals surface area contributed by atoms with Gasteiger partial charge in [-0.3, -0.25) is 9.59 Å². The van der Waals surface area contributed by atoms with Crippen molar-refractivity contribution in [2.24, 2.45) is 5.92 Å². The molecule has 1 fully saturated rings. The minimum absolute atomic E-state index is 0.00108. The first kappa shape index (κ1) is 28.1. The van der Waals surface area contributed by atoms with E-state index in [1.54, 1.807) is 12.1 Å². The van der Waals surface area contributed by atoms with Crippen molar-refractivity contribution >= 4 is 29.3 Å². The van der Waals surface area contributed by atoms with Gasteiger partial charge in [-0.15, -0.1) is 0 Å². The molecule has 0 bridgehead atoms. The van der Waals surface area contributed by atoms with E-state index in [-0.39, 0.29) is 36.9 Å². The van der Waals surface area contributed by atoms with E-state index in [9.17, 15) is 9.59 Å². The second-order valence-corrected chi connectivity index (χ2v) is 11.3. The van der Waals surface area contributed by atoms with Gasteiger partial charge in [0.1, 0.15) is 17.6 Å². The number of rotatable bonds is 13. The quantitative estimate of drug-likeness (QED) is 0.270. The van der Waals surface area contributed by atoms with Gasteiger partial charge in [0.2, 0.25) is 0 Å². The molecule has 3 unspecified atom stereocenters. The fraction of sp³-hybridized carbons (Fsp3) is 0.533. The average molecular weight is 541 g/mol. The molecule has 3 N–H and O–H groups in total. The molecule has 206 valence electrons. The van der Waals surface area contributed by atoms with Crippen LogP contribution in [0, 0.1) is 5.92 Å².